The minimum Gasteiger partial charge on any atom is -0.361 e. The van der Waals surface area contributed by atoms with Crippen LogP contribution in [0.3, 0.4) is 0 Å². The molecular weight excluding hydrogens is 368 g/mol. The molecule has 1 atom stereocenters. The predicted octanol–water partition coefficient (Wildman–Crippen LogP) is 2.96. The number of aromatic nitrogens is 5. The van der Waals surface area contributed by atoms with E-state index in [0.29, 0.717) is 13.0 Å². The number of likely N-dealkylation sites (tertiary alicyclic amines) is 1. The van der Waals surface area contributed by atoms with Gasteiger partial charge in [0.25, 0.3) is 0 Å². The van der Waals surface area contributed by atoms with Gasteiger partial charge in [-0.25, -0.2) is 4.98 Å². The van der Waals surface area contributed by atoms with Gasteiger partial charge in [-0.3, -0.25) is 14.8 Å². The van der Waals surface area contributed by atoms with Crippen molar-refractivity contribution in [1.29, 1.82) is 0 Å². The number of aryl methyl sites for hydroxylation is 4. The highest BCUT2D eigenvalue weighted by atomic mass is 16.5. The maximum atomic E-state index is 12.7. The summed E-state index contributed by atoms with van der Waals surface area (Å²) in [4.78, 5) is 27.8. The summed E-state index contributed by atoms with van der Waals surface area (Å²) in [5.74, 6) is 0.974. The van der Waals surface area contributed by atoms with Crippen LogP contribution in [0.2, 0.25) is 0 Å². The van der Waals surface area contributed by atoms with Crippen molar-refractivity contribution < 1.29 is 9.32 Å². The van der Waals surface area contributed by atoms with Crippen LogP contribution in [0.5, 0.6) is 0 Å². The van der Waals surface area contributed by atoms with E-state index in [4.69, 9.17) is 4.52 Å². The molecule has 4 rings (SSSR count). The molecule has 8 nitrogen and oxygen atoms in total. The van der Waals surface area contributed by atoms with Gasteiger partial charge < -0.3 is 14.0 Å². The van der Waals surface area contributed by atoms with E-state index in [-0.39, 0.29) is 11.9 Å². The van der Waals surface area contributed by atoms with Crippen LogP contribution in [-0.4, -0.2) is 48.1 Å². The smallest absolute Gasteiger partial charge is 0.224 e. The van der Waals surface area contributed by atoms with Gasteiger partial charge in [0.15, 0.2) is 0 Å². The zero-order valence-electron chi connectivity index (χ0n) is 16.9. The molecule has 29 heavy (non-hydrogen) atoms. The second-order valence-corrected chi connectivity index (χ2v) is 7.56. The molecule has 1 aliphatic heterocycles. The number of carbonyl (C=O) groups excluding carboxylic acids is 1. The minimum atomic E-state index is 0.223. The molecule has 1 aliphatic rings. The van der Waals surface area contributed by atoms with E-state index in [1.807, 2.05) is 35.7 Å². The quantitative estimate of drug-likeness (QED) is 0.612. The number of rotatable bonds is 7. The van der Waals surface area contributed by atoms with Crippen LogP contribution in [0.25, 0.3) is 11.3 Å². The van der Waals surface area contributed by atoms with Gasteiger partial charge in [-0.05, 0) is 39.5 Å². The van der Waals surface area contributed by atoms with E-state index in [2.05, 4.69) is 20.1 Å². The fourth-order valence-electron chi connectivity index (χ4n) is 4.03. The van der Waals surface area contributed by atoms with Crippen LogP contribution < -0.4 is 0 Å². The van der Waals surface area contributed by atoms with Crippen LogP contribution >= 0.6 is 0 Å². The Labute approximate surface area is 170 Å². The third kappa shape index (κ3) is 4.36. The van der Waals surface area contributed by atoms with E-state index in [1.165, 1.54) is 0 Å². The largest absolute Gasteiger partial charge is 0.361 e. The van der Waals surface area contributed by atoms with Crippen molar-refractivity contribution in [2.75, 3.05) is 6.54 Å². The Morgan fingerprint density at radius 2 is 2.17 bits per heavy atom. The van der Waals surface area contributed by atoms with E-state index in [0.717, 1.165) is 60.6 Å². The number of carbonyl (C=O) groups is 1. The third-order valence-corrected chi connectivity index (χ3v) is 5.57. The highest BCUT2D eigenvalue weighted by Gasteiger charge is 2.28. The average Bonchev–Trinajstić information content (AvgIpc) is 3.47. The van der Waals surface area contributed by atoms with Gasteiger partial charge in [0.2, 0.25) is 5.91 Å². The van der Waals surface area contributed by atoms with Gasteiger partial charge in [0.05, 0.1) is 35.2 Å². The Bertz CT molecular complexity index is 929. The zero-order valence-corrected chi connectivity index (χ0v) is 16.9. The first-order valence-electron chi connectivity index (χ1n) is 10.1. The van der Waals surface area contributed by atoms with Crippen molar-refractivity contribution in [1.82, 2.24) is 29.6 Å². The van der Waals surface area contributed by atoms with Gasteiger partial charge in [0, 0.05) is 44.1 Å². The van der Waals surface area contributed by atoms with Crippen LogP contribution in [-0.2, 0) is 17.8 Å². The SMILES string of the molecule is Cc1noc(C)c1-c1cnc(CC[C@H]2CCCN2C(=O)CCn2ccnc2)cn1. The van der Waals surface area contributed by atoms with Gasteiger partial charge in [-0.2, -0.15) is 0 Å². The molecule has 0 aliphatic carbocycles. The first-order valence-corrected chi connectivity index (χ1v) is 10.1. The van der Waals surface area contributed by atoms with Crippen molar-refractivity contribution in [2.45, 2.75) is 58.5 Å². The summed E-state index contributed by atoms with van der Waals surface area (Å²) < 4.78 is 7.16. The van der Waals surface area contributed by atoms with Gasteiger partial charge >= 0.3 is 0 Å². The second kappa shape index (κ2) is 8.55. The molecule has 152 valence electrons. The van der Waals surface area contributed by atoms with E-state index in [9.17, 15) is 4.79 Å². The normalized spacial score (nSPS) is 16.5. The van der Waals surface area contributed by atoms with Crippen LogP contribution in [0.1, 0.15) is 42.8 Å². The molecule has 0 spiro atoms. The van der Waals surface area contributed by atoms with Crippen molar-refractivity contribution >= 4 is 5.91 Å². The van der Waals surface area contributed by atoms with Crippen LogP contribution in [0, 0.1) is 13.8 Å². The Morgan fingerprint density at radius 1 is 1.28 bits per heavy atom. The van der Waals surface area contributed by atoms with Gasteiger partial charge in [-0.1, -0.05) is 5.16 Å². The molecule has 8 heteroatoms. The first kappa shape index (κ1) is 19.3. The topological polar surface area (TPSA) is 89.9 Å². The highest BCUT2D eigenvalue weighted by Crippen LogP contribution is 2.25. The Kier molecular flexibility index (Phi) is 5.69. The lowest BCUT2D eigenvalue weighted by Crippen LogP contribution is -2.36. The minimum absolute atomic E-state index is 0.223. The molecule has 1 amide bonds. The number of hydrogen-bond acceptors (Lipinski definition) is 6. The highest BCUT2D eigenvalue weighted by molar-refractivity contribution is 5.76. The predicted molar refractivity (Wildman–Crippen MR) is 107 cm³/mol. The number of imidazole rings is 1. The molecule has 3 aromatic heterocycles. The van der Waals surface area contributed by atoms with Gasteiger partial charge in [0.1, 0.15) is 5.76 Å². The lowest BCUT2D eigenvalue weighted by atomic mass is 10.1. The van der Waals surface area contributed by atoms with Crippen LogP contribution in [0.4, 0.5) is 0 Å². The average molecular weight is 394 g/mol. The lowest BCUT2D eigenvalue weighted by Gasteiger charge is -2.25. The summed E-state index contributed by atoms with van der Waals surface area (Å²) in [7, 11) is 0. The zero-order chi connectivity index (χ0) is 20.2. The summed E-state index contributed by atoms with van der Waals surface area (Å²) in [6, 6.07) is 0.286. The molecule has 1 saturated heterocycles. The Hall–Kier alpha value is -3.03. The van der Waals surface area contributed by atoms with Crippen LogP contribution in [0.15, 0.2) is 35.6 Å². The molecule has 0 N–H and O–H groups in total. The summed E-state index contributed by atoms with van der Waals surface area (Å²) in [6.07, 6.45) is 13.3. The molecular formula is C21H26N6O2. The van der Waals surface area contributed by atoms with Crippen molar-refractivity contribution in [3.63, 3.8) is 0 Å². The first-order chi connectivity index (χ1) is 14.1. The lowest BCUT2D eigenvalue weighted by molar-refractivity contribution is -0.132. The number of nitrogens with zero attached hydrogens (tertiary/aromatic N) is 6. The number of hydrogen-bond donors (Lipinski definition) is 0. The maximum absolute atomic E-state index is 12.7. The Morgan fingerprint density at radius 3 is 2.86 bits per heavy atom. The molecule has 3 aromatic rings. The van der Waals surface area contributed by atoms with Crippen molar-refractivity contribution in [2.24, 2.45) is 0 Å². The van der Waals surface area contributed by atoms with E-state index < -0.39 is 0 Å². The standard InChI is InChI=1S/C21H26N6O2/c1-15-21(16(2)29-25-15)19-13-23-17(12-24-19)5-6-18-4-3-9-27(18)20(28)7-10-26-11-8-22-14-26/h8,11-14,18H,3-7,9-10H2,1-2H3/t18-/m1/s1. The molecule has 0 unspecified atom stereocenters. The number of amides is 1. The molecule has 0 radical (unpaired) electrons. The monoisotopic (exact) mass is 394 g/mol. The van der Waals surface area contributed by atoms with Gasteiger partial charge in [-0.15, -0.1) is 0 Å². The summed E-state index contributed by atoms with van der Waals surface area (Å²) in [5.41, 5.74) is 3.45. The third-order valence-electron chi connectivity index (χ3n) is 5.57. The molecule has 1 fully saturated rings. The second-order valence-electron chi connectivity index (χ2n) is 7.56. The summed E-state index contributed by atoms with van der Waals surface area (Å²) in [6.45, 7) is 5.31. The molecule has 4 heterocycles. The summed E-state index contributed by atoms with van der Waals surface area (Å²) >= 11 is 0. The van der Waals surface area contributed by atoms with Crippen molar-refractivity contribution in [3.8, 4) is 11.3 Å². The fourth-order valence-corrected chi connectivity index (χ4v) is 4.03. The fraction of sp³-hybridized carbons (Fsp3) is 0.476. The van der Waals surface area contributed by atoms with E-state index in [1.54, 1.807) is 18.7 Å². The van der Waals surface area contributed by atoms with Crippen molar-refractivity contribution in [3.05, 3.63) is 48.3 Å². The maximum Gasteiger partial charge on any atom is 0.224 e. The molecule has 0 saturated carbocycles. The van der Waals surface area contributed by atoms with E-state index >= 15 is 0 Å². The molecule has 0 bridgehead atoms. The molecule has 0 aromatic carbocycles. The Balaban J connectivity index is 1.32. The summed E-state index contributed by atoms with van der Waals surface area (Å²) in [5, 5.41) is 3.97.